The van der Waals surface area contributed by atoms with Crippen LogP contribution in [-0.2, 0) is 0 Å². The minimum Gasteiger partial charge on any atom is -0.497 e. The molecule has 0 aliphatic carbocycles. The fraction of sp³-hybridized carbons (Fsp3) is 0.250. The predicted molar refractivity (Wildman–Crippen MR) is 72.0 cm³/mol. The van der Waals surface area contributed by atoms with E-state index in [1.807, 2.05) is 35.9 Å². The van der Waals surface area contributed by atoms with Gasteiger partial charge in [0.15, 0.2) is 0 Å². The molecule has 0 aliphatic rings. The lowest BCUT2D eigenvalue weighted by atomic mass is 10.3. The van der Waals surface area contributed by atoms with Crippen LogP contribution < -0.4 is 10.1 Å². The average Bonchev–Trinajstić information content (AvgIpc) is 2.78. The van der Waals surface area contributed by atoms with E-state index in [4.69, 9.17) is 4.74 Å². The second-order valence-electron chi connectivity index (χ2n) is 3.47. The Morgan fingerprint density at radius 2 is 2.29 bits per heavy atom. The van der Waals surface area contributed by atoms with E-state index in [1.165, 1.54) is 0 Å². The second kappa shape index (κ2) is 5.23. The molecule has 2 rings (SSSR count). The molecule has 1 aromatic carbocycles. The summed E-state index contributed by atoms with van der Waals surface area (Å²) in [5.74, 6) is 1.64. The summed E-state index contributed by atoms with van der Waals surface area (Å²) >= 11 is 3.53. The zero-order valence-electron chi connectivity index (χ0n) is 9.77. The summed E-state index contributed by atoms with van der Waals surface area (Å²) in [4.78, 5) is 4.27. The van der Waals surface area contributed by atoms with E-state index >= 15 is 0 Å². The Hall–Kier alpha value is -1.49. The Morgan fingerprint density at radius 3 is 3.00 bits per heavy atom. The van der Waals surface area contributed by atoms with Crippen LogP contribution in [0.5, 0.6) is 5.75 Å². The van der Waals surface area contributed by atoms with Gasteiger partial charge in [0.2, 0.25) is 5.95 Å². The number of anilines is 1. The molecule has 0 aliphatic heterocycles. The van der Waals surface area contributed by atoms with Crippen molar-refractivity contribution in [3.63, 3.8) is 0 Å². The number of halogens is 1. The molecule has 0 unspecified atom stereocenters. The third-order valence-corrected chi connectivity index (χ3v) is 3.06. The molecule has 0 amide bonds. The van der Waals surface area contributed by atoms with Crippen molar-refractivity contribution in [2.45, 2.75) is 6.92 Å². The van der Waals surface area contributed by atoms with Crippen molar-refractivity contribution in [2.75, 3.05) is 19.0 Å². The molecule has 0 bridgehead atoms. The van der Waals surface area contributed by atoms with Crippen LogP contribution in [0.15, 0.2) is 35.1 Å². The Bertz CT molecular complexity index is 510. The van der Waals surface area contributed by atoms with Crippen molar-refractivity contribution in [3.05, 3.63) is 35.1 Å². The number of nitrogens with one attached hydrogen (secondary N) is 1. The first kappa shape index (κ1) is 12.0. The molecule has 1 N–H and O–H groups in total. The fourth-order valence-corrected chi connectivity index (χ4v) is 2.03. The van der Waals surface area contributed by atoms with Crippen molar-refractivity contribution in [1.29, 1.82) is 0 Å². The van der Waals surface area contributed by atoms with Gasteiger partial charge in [-0.2, -0.15) is 0 Å². The van der Waals surface area contributed by atoms with Crippen LogP contribution in [0.4, 0.5) is 5.95 Å². The van der Waals surface area contributed by atoms with Gasteiger partial charge >= 0.3 is 0 Å². The van der Waals surface area contributed by atoms with Crippen molar-refractivity contribution >= 4 is 21.9 Å². The number of hydrogen-bond acceptors (Lipinski definition) is 3. The molecular weight excluding hydrogens is 282 g/mol. The Balaban J connectivity index is 2.47. The molecule has 0 spiro atoms. The second-order valence-corrected chi connectivity index (χ2v) is 4.32. The van der Waals surface area contributed by atoms with Gasteiger partial charge in [-0.05, 0) is 35.0 Å². The normalized spacial score (nSPS) is 10.3. The minimum absolute atomic E-state index is 0.819. The molecule has 4 nitrogen and oxygen atoms in total. The zero-order valence-corrected chi connectivity index (χ0v) is 11.4. The molecule has 0 saturated heterocycles. The molecule has 17 heavy (non-hydrogen) atoms. The van der Waals surface area contributed by atoms with Crippen molar-refractivity contribution in [2.24, 2.45) is 0 Å². The van der Waals surface area contributed by atoms with Crippen LogP contribution in [0.1, 0.15) is 6.92 Å². The standard InChI is InChI=1S/C12H14BrN3O/c1-3-14-12-15-6-7-16(12)11-8-9(17-2)4-5-10(11)13/h4-8H,3H2,1-2H3,(H,14,15). The summed E-state index contributed by atoms with van der Waals surface area (Å²) in [6.07, 6.45) is 3.68. The number of ether oxygens (including phenoxy) is 1. The third-order valence-electron chi connectivity index (χ3n) is 2.39. The van der Waals surface area contributed by atoms with Gasteiger partial charge in [-0.25, -0.2) is 4.98 Å². The predicted octanol–water partition coefficient (Wildman–Crippen LogP) is 3.08. The summed E-state index contributed by atoms with van der Waals surface area (Å²) in [7, 11) is 1.66. The van der Waals surface area contributed by atoms with E-state index in [0.29, 0.717) is 0 Å². The molecule has 1 aromatic heterocycles. The number of aromatic nitrogens is 2. The summed E-state index contributed by atoms with van der Waals surface area (Å²) in [5.41, 5.74) is 0.998. The first-order valence-corrected chi connectivity index (χ1v) is 6.16. The molecule has 90 valence electrons. The number of methoxy groups -OCH3 is 1. The molecule has 1 heterocycles. The molecule has 0 radical (unpaired) electrons. The minimum atomic E-state index is 0.819. The number of hydrogen-bond donors (Lipinski definition) is 1. The van der Waals surface area contributed by atoms with Gasteiger partial charge < -0.3 is 10.1 Å². The molecule has 0 fully saturated rings. The van der Waals surface area contributed by atoms with Crippen LogP contribution in [0.3, 0.4) is 0 Å². The van der Waals surface area contributed by atoms with Gasteiger partial charge in [-0.3, -0.25) is 4.57 Å². The van der Waals surface area contributed by atoms with Crippen LogP contribution in [0.2, 0.25) is 0 Å². The van der Waals surface area contributed by atoms with Gasteiger partial charge in [0.25, 0.3) is 0 Å². The lowest BCUT2D eigenvalue weighted by Gasteiger charge is -2.11. The smallest absolute Gasteiger partial charge is 0.207 e. The summed E-state index contributed by atoms with van der Waals surface area (Å²) < 4.78 is 8.21. The number of rotatable bonds is 4. The monoisotopic (exact) mass is 295 g/mol. The van der Waals surface area contributed by atoms with Crippen LogP contribution in [0, 0.1) is 0 Å². The largest absolute Gasteiger partial charge is 0.497 e. The molecular formula is C12H14BrN3O. The maximum atomic E-state index is 5.23. The Labute approximate surface area is 109 Å². The van der Waals surface area contributed by atoms with E-state index in [0.717, 1.165) is 28.4 Å². The van der Waals surface area contributed by atoms with E-state index < -0.39 is 0 Å². The number of imidazole rings is 1. The summed E-state index contributed by atoms with van der Waals surface area (Å²) in [6, 6.07) is 5.84. The topological polar surface area (TPSA) is 39.1 Å². The van der Waals surface area contributed by atoms with E-state index in [1.54, 1.807) is 13.3 Å². The summed E-state index contributed by atoms with van der Waals surface area (Å²) in [6.45, 7) is 2.87. The maximum absolute atomic E-state index is 5.23. The van der Waals surface area contributed by atoms with E-state index in [9.17, 15) is 0 Å². The highest BCUT2D eigenvalue weighted by Crippen LogP contribution is 2.27. The third kappa shape index (κ3) is 2.44. The average molecular weight is 296 g/mol. The van der Waals surface area contributed by atoms with Crippen LogP contribution in [-0.4, -0.2) is 23.2 Å². The number of benzene rings is 1. The van der Waals surface area contributed by atoms with Gasteiger partial charge in [0.05, 0.1) is 12.8 Å². The van der Waals surface area contributed by atoms with E-state index in [-0.39, 0.29) is 0 Å². The highest BCUT2D eigenvalue weighted by Gasteiger charge is 2.08. The van der Waals surface area contributed by atoms with Gasteiger partial charge in [0, 0.05) is 29.5 Å². The Kier molecular flexibility index (Phi) is 3.68. The quantitative estimate of drug-likeness (QED) is 0.942. The van der Waals surface area contributed by atoms with Crippen molar-refractivity contribution in [1.82, 2.24) is 9.55 Å². The molecule has 0 saturated carbocycles. The molecule has 5 heteroatoms. The molecule has 0 atom stereocenters. The van der Waals surface area contributed by atoms with Crippen molar-refractivity contribution in [3.8, 4) is 11.4 Å². The first-order chi connectivity index (χ1) is 8.26. The van der Waals surface area contributed by atoms with E-state index in [2.05, 4.69) is 26.2 Å². The highest BCUT2D eigenvalue weighted by molar-refractivity contribution is 9.10. The van der Waals surface area contributed by atoms with Gasteiger partial charge in [-0.1, -0.05) is 0 Å². The van der Waals surface area contributed by atoms with Gasteiger partial charge in [0.1, 0.15) is 5.75 Å². The SMILES string of the molecule is CCNc1nccn1-c1cc(OC)ccc1Br. The van der Waals surface area contributed by atoms with Crippen molar-refractivity contribution < 1.29 is 4.74 Å². The highest BCUT2D eigenvalue weighted by atomic mass is 79.9. The lowest BCUT2D eigenvalue weighted by Crippen LogP contribution is -2.05. The zero-order chi connectivity index (χ0) is 12.3. The fourth-order valence-electron chi connectivity index (χ4n) is 1.59. The maximum Gasteiger partial charge on any atom is 0.207 e. The lowest BCUT2D eigenvalue weighted by molar-refractivity contribution is 0.414. The summed E-state index contributed by atoms with van der Waals surface area (Å²) in [5, 5.41) is 3.21. The molecule has 2 aromatic rings. The Morgan fingerprint density at radius 1 is 1.47 bits per heavy atom. The van der Waals surface area contributed by atoms with Gasteiger partial charge in [-0.15, -0.1) is 0 Å². The van der Waals surface area contributed by atoms with Crippen LogP contribution in [0.25, 0.3) is 5.69 Å². The number of nitrogens with zero attached hydrogens (tertiary/aromatic N) is 2. The first-order valence-electron chi connectivity index (χ1n) is 5.37. The van der Waals surface area contributed by atoms with Crippen LogP contribution >= 0.6 is 15.9 Å².